The van der Waals surface area contributed by atoms with E-state index in [1.54, 1.807) is 24.3 Å². The van der Waals surface area contributed by atoms with Gasteiger partial charge in [-0.3, -0.25) is 9.59 Å². The van der Waals surface area contributed by atoms with Gasteiger partial charge in [0.15, 0.2) is 23.9 Å². The second kappa shape index (κ2) is 12.7. The zero-order valence-electron chi connectivity index (χ0n) is 22.7. The first-order chi connectivity index (χ1) is 21.0. The highest BCUT2D eigenvalue weighted by Gasteiger charge is 2.31. The monoisotopic (exact) mass is 668 g/mol. The molecule has 0 atom stereocenters. The highest BCUT2D eigenvalue weighted by molar-refractivity contribution is 9.10. The first kappa shape index (κ1) is 30.4. The number of hydrogen-bond donors (Lipinski definition) is 1. The maximum Gasteiger partial charge on any atom is 0.416 e. The van der Waals surface area contributed by atoms with Gasteiger partial charge >= 0.3 is 6.18 Å². The Balaban J connectivity index is 1.46. The van der Waals surface area contributed by atoms with E-state index in [1.165, 1.54) is 61.9 Å². The van der Waals surface area contributed by atoms with Gasteiger partial charge in [0.2, 0.25) is 0 Å². The summed E-state index contributed by atoms with van der Waals surface area (Å²) in [7, 11) is 1.39. The minimum absolute atomic E-state index is 0.0409. The largest absolute Gasteiger partial charge is 0.493 e. The lowest BCUT2D eigenvalue weighted by Gasteiger charge is -2.13. The highest BCUT2D eigenvalue weighted by atomic mass is 79.9. The molecule has 1 amide bonds. The summed E-state index contributed by atoms with van der Waals surface area (Å²) in [4.78, 5) is 30.2. The number of nitrogens with one attached hydrogen (secondary N) is 1. The summed E-state index contributed by atoms with van der Waals surface area (Å²) in [6.07, 6.45) is -3.29. The molecule has 0 saturated heterocycles. The van der Waals surface area contributed by atoms with E-state index < -0.39 is 29.0 Å². The van der Waals surface area contributed by atoms with Gasteiger partial charge in [0.25, 0.3) is 11.5 Å². The van der Waals surface area contributed by atoms with Crippen molar-refractivity contribution < 1.29 is 31.8 Å². The molecule has 0 aliphatic carbocycles. The maximum absolute atomic E-state index is 13.5. The van der Waals surface area contributed by atoms with Crippen molar-refractivity contribution in [2.24, 2.45) is 5.10 Å². The molecule has 1 heterocycles. The number of rotatable bonds is 8. The Bertz CT molecular complexity index is 1940. The molecule has 1 aromatic heterocycles. The van der Waals surface area contributed by atoms with Gasteiger partial charge in [0.1, 0.15) is 5.82 Å². The van der Waals surface area contributed by atoms with Crippen molar-refractivity contribution in [1.82, 2.24) is 9.66 Å². The van der Waals surface area contributed by atoms with Crippen LogP contribution >= 0.6 is 15.9 Å². The smallest absolute Gasteiger partial charge is 0.416 e. The van der Waals surface area contributed by atoms with Gasteiger partial charge in [-0.1, -0.05) is 24.3 Å². The molecule has 5 aromatic rings. The summed E-state index contributed by atoms with van der Waals surface area (Å²) in [5.74, 6) is -0.589. The minimum Gasteiger partial charge on any atom is -0.493 e. The van der Waals surface area contributed by atoms with E-state index >= 15 is 0 Å². The molecule has 0 spiro atoms. The second-order valence-corrected chi connectivity index (χ2v) is 10.1. The Labute approximate surface area is 255 Å². The lowest BCUT2D eigenvalue weighted by Crippen LogP contribution is -2.21. The average Bonchev–Trinajstić information content (AvgIpc) is 3.01. The summed E-state index contributed by atoms with van der Waals surface area (Å²) in [5, 5.41) is 7.11. The highest BCUT2D eigenvalue weighted by Crippen LogP contribution is 2.34. The minimum atomic E-state index is -4.60. The average molecular weight is 669 g/mol. The van der Waals surface area contributed by atoms with Crippen molar-refractivity contribution in [2.75, 3.05) is 19.0 Å². The Morgan fingerprint density at radius 3 is 2.50 bits per heavy atom. The van der Waals surface area contributed by atoms with E-state index in [-0.39, 0.29) is 34.9 Å². The fourth-order valence-corrected chi connectivity index (χ4v) is 4.59. The molecule has 0 aliphatic rings. The molecule has 8 nitrogen and oxygen atoms in total. The number of hydrogen-bond acceptors (Lipinski definition) is 6. The topological polar surface area (TPSA) is 94.8 Å². The number of nitrogens with zero attached hydrogens (tertiary/aromatic N) is 3. The number of ether oxygens (including phenoxy) is 2. The lowest BCUT2D eigenvalue weighted by molar-refractivity contribution is -0.137. The molecule has 224 valence electrons. The molecule has 0 fully saturated rings. The van der Waals surface area contributed by atoms with Crippen molar-refractivity contribution in [2.45, 2.75) is 6.18 Å². The van der Waals surface area contributed by atoms with Crippen molar-refractivity contribution >= 4 is 44.6 Å². The number of fused-ring (bicyclic) bond motifs is 1. The molecule has 0 aliphatic heterocycles. The molecule has 4 aromatic carbocycles. The van der Waals surface area contributed by atoms with Crippen molar-refractivity contribution in [3.63, 3.8) is 0 Å². The number of carbonyl (C=O) groups is 1. The summed E-state index contributed by atoms with van der Waals surface area (Å²) in [6, 6.07) is 19.2. The van der Waals surface area contributed by atoms with Crippen molar-refractivity contribution in [1.29, 1.82) is 0 Å². The van der Waals surface area contributed by atoms with Gasteiger partial charge in [-0.2, -0.15) is 22.9 Å². The molecule has 5 rings (SSSR count). The molecule has 0 bridgehead atoms. The number of carbonyl (C=O) groups excluding carboxylic acids is 1. The van der Waals surface area contributed by atoms with Gasteiger partial charge in [-0.05, 0) is 76.6 Å². The number of anilines is 1. The second-order valence-electron chi connectivity index (χ2n) is 9.26. The molecule has 0 radical (unpaired) electrons. The molecule has 0 unspecified atom stereocenters. The summed E-state index contributed by atoms with van der Waals surface area (Å²) in [6.45, 7) is -0.383. The predicted octanol–water partition coefficient (Wildman–Crippen LogP) is 6.89. The number of halogens is 5. The first-order valence-corrected chi connectivity index (χ1v) is 13.6. The van der Waals surface area contributed by atoms with Crippen LogP contribution in [0.4, 0.5) is 23.2 Å². The number of benzene rings is 4. The van der Waals surface area contributed by atoms with E-state index in [1.807, 2.05) is 0 Å². The van der Waals surface area contributed by atoms with Crippen LogP contribution in [0.5, 0.6) is 11.5 Å². The van der Waals surface area contributed by atoms with Crippen LogP contribution in [0.2, 0.25) is 0 Å². The number of para-hydroxylation sites is 1. The van der Waals surface area contributed by atoms with Crippen LogP contribution in [0.25, 0.3) is 22.3 Å². The molecule has 13 heteroatoms. The Morgan fingerprint density at radius 1 is 1.02 bits per heavy atom. The maximum atomic E-state index is 13.5. The molecule has 0 saturated carbocycles. The molecule has 1 N–H and O–H groups in total. The molecule has 44 heavy (non-hydrogen) atoms. The van der Waals surface area contributed by atoms with E-state index in [0.717, 1.165) is 16.8 Å². The SMILES string of the molecule is COc1cc(C=Nn2c(-c3cccc(C(F)(F)F)c3)nc3ccccc3c2=O)c(Br)cc1OCC(=O)Nc1ccc(F)cc1. The predicted molar refractivity (Wildman–Crippen MR) is 161 cm³/mol. The third-order valence-corrected chi connectivity index (χ3v) is 6.97. The van der Waals surface area contributed by atoms with E-state index in [0.29, 0.717) is 21.2 Å². The zero-order valence-corrected chi connectivity index (χ0v) is 24.3. The van der Waals surface area contributed by atoms with Crippen LogP contribution in [0.3, 0.4) is 0 Å². The quantitative estimate of drug-likeness (QED) is 0.144. The van der Waals surface area contributed by atoms with Gasteiger partial charge in [0.05, 0.1) is 29.8 Å². The fourth-order valence-electron chi connectivity index (χ4n) is 4.17. The van der Waals surface area contributed by atoms with E-state index in [2.05, 4.69) is 31.3 Å². The van der Waals surface area contributed by atoms with Gasteiger partial charge in [0, 0.05) is 21.3 Å². The van der Waals surface area contributed by atoms with Crippen LogP contribution in [0.1, 0.15) is 11.1 Å². The lowest BCUT2D eigenvalue weighted by atomic mass is 10.1. The van der Waals surface area contributed by atoms with Crippen LogP contribution in [-0.2, 0) is 11.0 Å². The van der Waals surface area contributed by atoms with Crippen molar-refractivity contribution in [3.8, 4) is 22.9 Å². The van der Waals surface area contributed by atoms with Crippen LogP contribution < -0.4 is 20.3 Å². The third kappa shape index (κ3) is 6.78. The molecular weight excluding hydrogens is 648 g/mol. The zero-order chi connectivity index (χ0) is 31.4. The normalized spacial score (nSPS) is 11.6. The summed E-state index contributed by atoms with van der Waals surface area (Å²) < 4.78 is 65.9. The van der Waals surface area contributed by atoms with Crippen LogP contribution in [0.15, 0.2) is 99.3 Å². The number of alkyl halides is 3. The van der Waals surface area contributed by atoms with E-state index in [4.69, 9.17) is 9.47 Å². The molecular formula is C31H21BrF4N4O4. The van der Waals surface area contributed by atoms with Crippen LogP contribution in [-0.4, -0.2) is 35.5 Å². The Kier molecular flexibility index (Phi) is 8.76. The third-order valence-electron chi connectivity index (χ3n) is 6.28. The Hall–Kier alpha value is -5.04. The number of methoxy groups -OCH3 is 1. The van der Waals surface area contributed by atoms with Gasteiger partial charge < -0.3 is 14.8 Å². The van der Waals surface area contributed by atoms with Crippen molar-refractivity contribution in [3.05, 3.63) is 117 Å². The van der Waals surface area contributed by atoms with Gasteiger partial charge in [-0.25, -0.2) is 9.37 Å². The van der Waals surface area contributed by atoms with E-state index in [9.17, 15) is 27.2 Å². The summed E-state index contributed by atoms with van der Waals surface area (Å²) in [5.41, 5.74) is -0.345. The van der Waals surface area contributed by atoms with Gasteiger partial charge in [-0.15, -0.1) is 0 Å². The standard InChI is InChI=1S/C31H21BrF4N4O4/c1-43-26-14-19(24(32)15-27(26)44-17-28(41)38-22-11-9-21(33)10-12-22)16-37-40-29(18-5-4-6-20(13-18)31(34,35)36)39-25-8-3-2-7-23(25)30(40)42/h2-16H,17H2,1H3,(H,38,41). The Morgan fingerprint density at radius 2 is 1.77 bits per heavy atom. The first-order valence-electron chi connectivity index (χ1n) is 12.8. The summed E-state index contributed by atoms with van der Waals surface area (Å²) >= 11 is 3.41. The number of amides is 1. The number of aromatic nitrogens is 2. The fraction of sp³-hybridized carbons (Fsp3) is 0.0968. The van der Waals surface area contributed by atoms with Crippen LogP contribution in [0, 0.1) is 5.82 Å².